The molecule has 1 aromatic heterocycles. The molecule has 1 aliphatic rings. The third-order valence-corrected chi connectivity index (χ3v) is 4.10. The number of aryl methyl sites for hydroxylation is 1. The van der Waals surface area contributed by atoms with Gasteiger partial charge in [-0.15, -0.1) is 0 Å². The highest BCUT2D eigenvalue weighted by Gasteiger charge is 2.35. The first kappa shape index (κ1) is 16.4. The maximum Gasteiger partial charge on any atom is 0.255 e. The summed E-state index contributed by atoms with van der Waals surface area (Å²) in [5.74, 6) is -0.217. The van der Waals surface area contributed by atoms with Gasteiger partial charge in [0, 0.05) is 38.4 Å². The molecule has 2 rings (SSSR count). The van der Waals surface area contributed by atoms with Crippen molar-refractivity contribution in [2.24, 2.45) is 0 Å². The molecule has 0 bridgehead atoms. The number of likely N-dealkylation sites (tertiary alicyclic amines) is 1. The van der Waals surface area contributed by atoms with E-state index in [4.69, 9.17) is 0 Å². The summed E-state index contributed by atoms with van der Waals surface area (Å²) in [4.78, 5) is 29.6. The van der Waals surface area contributed by atoms with Crippen LogP contribution in [0.1, 0.15) is 41.7 Å². The van der Waals surface area contributed by atoms with Crippen LogP contribution < -0.4 is 5.32 Å². The predicted octanol–water partition coefficient (Wildman–Crippen LogP) is 0.883. The molecule has 120 valence electrons. The van der Waals surface area contributed by atoms with E-state index in [-0.39, 0.29) is 24.8 Å². The number of amides is 2. The van der Waals surface area contributed by atoms with Crippen LogP contribution in [0.3, 0.4) is 0 Å². The van der Waals surface area contributed by atoms with Gasteiger partial charge >= 0.3 is 0 Å². The molecular formula is C16H23N3O3. The number of pyridine rings is 1. The molecule has 0 aromatic carbocycles. The lowest BCUT2D eigenvalue weighted by atomic mass is 9.88. The van der Waals surface area contributed by atoms with Crippen LogP contribution in [0.4, 0.5) is 0 Å². The van der Waals surface area contributed by atoms with Gasteiger partial charge in [-0.25, -0.2) is 0 Å². The van der Waals surface area contributed by atoms with Gasteiger partial charge in [0.05, 0.1) is 11.2 Å². The van der Waals surface area contributed by atoms with Crippen LogP contribution in [0.15, 0.2) is 18.3 Å². The largest absolute Gasteiger partial charge is 0.388 e. The first-order valence-electron chi connectivity index (χ1n) is 7.58. The van der Waals surface area contributed by atoms with Crippen LogP contribution >= 0.6 is 0 Å². The molecule has 1 aliphatic heterocycles. The quantitative estimate of drug-likeness (QED) is 0.865. The molecule has 1 fully saturated rings. The zero-order chi connectivity index (χ0) is 16.2. The van der Waals surface area contributed by atoms with Crippen LogP contribution in [0.5, 0.6) is 0 Å². The van der Waals surface area contributed by atoms with E-state index in [1.807, 2.05) is 6.92 Å². The summed E-state index contributed by atoms with van der Waals surface area (Å²) in [6, 6.07) is 3.55. The minimum atomic E-state index is -0.988. The summed E-state index contributed by atoms with van der Waals surface area (Å²) in [6.45, 7) is 2.75. The second-order valence-electron chi connectivity index (χ2n) is 5.92. The number of rotatable bonds is 4. The lowest BCUT2D eigenvalue weighted by Crippen LogP contribution is -2.50. The van der Waals surface area contributed by atoms with Crippen molar-refractivity contribution in [1.82, 2.24) is 15.2 Å². The molecule has 2 heterocycles. The Labute approximate surface area is 130 Å². The van der Waals surface area contributed by atoms with Crippen molar-refractivity contribution in [3.8, 4) is 0 Å². The molecule has 2 amide bonds. The van der Waals surface area contributed by atoms with E-state index in [9.17, 15) is 14.7 Å². The fourth-order valence-electron chi connectivity index (χ4n) is 2.74. The Bertz CT molecular complexity index is 544. The SMILES string of the molecule is CNC(=O)CC[C@@]1(O)CCCN(C(=O)c2ccc(C)nc2)C1. The topological polar surface area (TPSA) is 82.5 Å². The smallest absolute Gasteiger partial charge is 0.255 e. The Kier molecular flexibility index (Phi) is 5.13. The van der Waals surface area contributed by atoms with Gasteiger partial charge in [0.2, 0.25) is 5.91 Å². The van der Waals surface area contributed by atoms with Crippen molar-refractivity contribution in [3.05, 3.63) is 29.6 Å². The van der Waals surface area contributed by atoms with Gasteiger partial charge in [0.1, 0.15) is 0 Å². The Morgan fingerprint density at radius 3 is 2.86 bits per heavy atom. The van der Waals surface area contributed by atoms with Crippen molar-refractivity contribution < 1.29 is 14.7 Å². The summed E-state index contributed by atoms with van der Waals surface area (Å²) in [5.41, 5.74) is 0.400. The van der Waals surface area contributed by atoms with Gasteiger partial charge in [-0.1, -0.05) is 0 Å². The van der Waals surface area contributed by atoms with E-state index in [1.54, 1.807) is 30.3 Å². The number of carbonyl (C=O) groups excluding carboxylic acids is 2. The number of piperidine rings is 1. The molecule has 0 aliphatic carbocycles. The number of nitrogens with zero attached hydrogens (tertiary/aromatic N) is 2. The summed E-state index contributed by atoms with van der Waals surface area (Å²) in [7, 11) is 1.58. The Hall–Kier alpha value is -1.95. The molecule has 0 spiro atoms. The summed E-state index contributed by atoms with van der Waals surface area (Å²) < 4.78 is 0. The Balaban J connectivity index is 2.01. The molecule has 2 N–H and O–H groups in total. The Morgan fingerprint density at radius 1 is 1.45 bits per heavy atom. The maximum absolute atomic E-state index is 12.5. The standard InChI is InChI=1S/C16H23N3O3/c1-12-4-5-13(10-18-12)15(21)19-9-3-7-16(22,11-19)8-6-14(20)17-2/h4-5,10,22H,3,6-9,11H2,1-2H3,(H,17,20)/t16-/m0/s1. The van der Waals surface area contributed by atoms with Crippen LogP contribution in [-0.4, -0.2) is 52.5 Å². The number of hydrogen-bond donors (Lipinski definition) is 2. The first-order valence-corrected chi connectivity index (χ1v) is 7.58. The van der Waals surface area contributed by atoms with Gasteiger partial charge in [-0.05, 0) is 38.3 Å². The van der Waals surface area contributed by atoms with Crippen molar-refractivity contribution in [2.75, 3.05) is 20.1 Å². The normalized spacial score (nSPS) is 21.5. The minimum absolute atomic E-state index is 0.0976. The van der Waals surface area contributed by atoms with Crippen molar-refractivity contribution >= 4 is 11.8 Å². The number of aliphatic hydroxyl groups is 1. The number of carbonyl (C=O) groups is 2. The van der Waals surface area contributed by atoms with Crippen molar-refractivity contribution in [1.29, 1.82) is 0 Å². The number of hydrogen-bond acceptors (Lipinski definition) is 4. The first-order chi connectivity index (χ1) is 10.4. The highest BCUT2D eigenvalue weighted by molar-refractivity contribution is 5.94. The van der Waals surface area contributed by atoms with E-state index >= 15 is 0 Å². The predicted molar refractivity (Wildman–Crippen MR) is 82.4 cm³/mol. The highest BCUT2D eigenvalue weighted by atomic mass is 16.3. The van der Waals surface area contributed by atoms with Gasteiger partial charge < -0.3 is 15.3 Å². The van der Waals surface area contributed by atoms with E-state index in [0.717, 1.165) is 12.1 Å². The second-order valence-corrected chi connectivity index (χ2v) is 5.92. The van der Waals surface area contributed by atoms with Crippen LogP contribution in [-0.2, 0) is 4.79 Å². The van der Waals surface area contributed by atoms with Gasteiger partial charge in [0.25, 0.3) is 5.91 Å². The Morgan fingerprint density at radius 2 is 2.23 bits per heavy atom. The van der Waals surface area contributed by atoms with Crippen LogP contribution in [0, 0.1) is 6.92 Å². The van der Waals surface area contributed by atoms with Gasteiger partial charge in [-0.2, -0.15) is 0 Å². The fraction of sp³-hybridized carbons (Fsp3) is 0.562. The van der Waals surface area contributed by atoms with Crippen LogP contribution in [0.2, 0.25) is 0 Å². The monoisotopic (exact) mass is 305 g/mol. The third kappa shape index (κ3) is 4.04. The molecule has 6 heteroatoms. The van der Waals surface area contributed by atoms with Crippen molar-refractivity contribution in [3.63, 3.8) is 0 Å². The summed E-state index contributed by atoms with van der Waals surface area (Å²) >= 11 is 0. The summed E-state index contributed by atoms with van der Waals surface area (Å²) in [5, 5.41) is 13.2. The zero-order valence-corrected chi connectivity index (χ0v) is 13.1. The average Bonchev–Trinajstić information content (AvgIpc) is 2.53. The molecular weight excluding hydrogens is 282 g/mol. The average molecular weight is 305 g/mol. The van der Waals surface area contributed by atoms with E-state index in [2.05, 4.69) is 10.3 Å². The van der Waals surface area contributed by atoms with Gasteiger partial charge in [0.15, 0.2) is 0 Å². The lowest BCUT2D eigenvalue weighted by Gasteiger charge is -2.39. The van der Waals surface area contributed by atoms with E-state index < -0.39 is 5.60 Å². The zero-order valence-electron chi connectivity index (χ0n) is 13.1. The lowest BCUT2D eigenvalue weighted by molar-refractivity contribution is -0.122. The molecule has 1 saturated heterocycles. The number of β-amino-alcohol motifs (C(OH)–C–C–N with tert-alkyl or cyclic N) is 1. The molecule has 1 atom stereocenters. The fourth-order valence-corrected chi connectivity index (χ4v) is 2.74. The highest BCUT2D eigenvalue weighted by Crippen LogP contribution is 2.26. The molecule has 6 nitrogen and oxygen atoms in total. The van der Waals surface area contributed by atoms with Crippen molar-refractivity contribution in [2.45, 2.75) is 38.2 Å². The second kappa shape index (κ2) is 6.87. The molecule has 1 aromatic rings. The van der Waals surface area contributed by atoms with E-state index in [0.29, 0.717) is 24.9 Å². The number of nitrogens with one attached hydrogen (secondary N) is 1. The molecule has 22 heavy (non-hydrogen) atoms. The molecule has 0 unspecified atom stereocenters. The molecule has 0 saturated carbocycles. The molecule has 0 radical (unpaired) electrons. The van der Waals surface area contributed by atoms with E-state index in [1.165, 1.54) is 0 Å². The third-order valence-electron chi connectivity index (χ3n) is 4.10. The van der Waals surface area contributed by atoms with Crippen LogP contribution in [0.25, 0.3) is 0 Å². The number of aromatic nitrogens is 1. The summed E-state index contributed by atoms with van der Waals surface area (Å²) in [6.07, 6.45) is 3.54. The van der Waals surface area contributed by atoms with Gasteiger partial charge in [-0.3, -0.25) is 14.6 Å². The minimum Gasteiger partial charge on any atom is -0.388 e. The maximum atomic E-state index is 12.5.